The van der Waals surface area contributed by atoms with E-state index in [4.69, 9.17) is 9.47 Å². The Labute approximate surface area is 176 Å². The maximum absolute atomic E-state index is 12.0. The van der Waals surface area contributed by atoms with Gasteiger partial charge >= 0.3 is 0 Å². The molecule has 8 nitrogen and oxygen atoms in total. The van der Waals surface area contributed by atoms with Crippen LogP contribution in [0.4, 0.5) is 5.69 Å². The smallest absolute Gasteiger partial charge is 0.259 e. The fourth-order valence-corrected chi connectivity index (χ4v) is 2.97. The maximum atomic E-state index is 12.0. The van der Waals surface area contributed by atoms with E-state index in [2.05, 4.69) is 5.32 Å². The molecule has 2 aromatic rings. The van der Waals surface area contributed by atoms with E-state index in [0.717, 1.165) is 6.26 Å². The van der Waals surface area contributed by atoms with Crippen LogP contribution in [0.15, 0.2) is 53.4 Å². The number of likely N-dealkylation sites (N-methyl/N-ethyl adjacent to an activating group) is 1. The normalized spacial score (nSPS) is 10.9. The van der Waals surface area contributed by atoms with Crippen molar-refractivity contribution < 1.29 is 27.5 Å². The monoisotopic (exact) mass is 434 g/mol. The minimum Gasteiger partial charge on any atom is -0.494 e. The molecule has 9 heteroatoms. The molecule has 0 aromatic heterocycles. The summed E-state index contributed by atoms with van der Waals surface area (Å²) < 4.78 is 33.8. The number of nitrogens with zero attached hydrogens (tertiary/aromatic N) is 1. The third kappa shape index (κ3) is 7.75. The number of hydrogen-bond donors (Lipinski definition) is 1. The molecule has 30 heavy (non-hydrogen) atoms. The molecule has 0 radical (unpaired) electrons. The zero-order valence-corrected chi connectivity index (χ0v) is 18.1. The molecule has 162 valence electrons. The van der Waals surface area contributed by atoms with Crippen molar-refractivity contribution in [1.82, 2.24) is 4.90 Å². The highest BCUT2D eigenvalue weighted by molar-refractivity contribution is 7.90. The van der Waals surface area contributed by atoms with Crippen molar-refractivity contribution in [2.75, 3.05) is 38.9 Å². The number of carbonyl (C=O) groups excluding carboxylic acids is 2. The summed E-state index contributed by atoms with van der Waals surface area (Å²) in [6.45, 7) is 0.286. The number of ether oxygens (including phenoxy) is 2. The van der Waals surface area contributed by atoms with Crippen LogP contribution in [0.25, 0.3) is 0 Å². The zero-order chi connectivity index (χ0) is 22.1. The van der Waals surface area contributed by atoms with Gasteiger partial charge in [-0.15, -0.1) is 0 Å². The van der Waals surface area contributed by atoms with Gasteiger partial charge in [-0.05, 0) is 55.0 Å². The lowest BCUT2D eigenvalue weighted by atomic mass is 10.2. The zero-order valence-electron chi connectivity index (χ0n) is 17.3. The summed E-state index contributed by atoms with van der Waals surface area (Å²) in [6.07, 6.45) is 1.93. The maximum Gasteiger partial charge on any atom is 0.259 e. The fourth-order valence-electron chi connectivity index (χ4n) is 2.34. The predicted octanol–water partition coefficient (Wildman–Crippen LogP) is 2.35. The number of amides is 2. The average molecular weight is 435 g/mol. The van der Waals surface area contributed by atoms with Crippen LogP contribution in [-0.2, 0) is 19.4 Å². The first-order valence-electron chi connectivity index (χ1n) is 9.31. The minimum atomic E-state index is -3.23. The summed E-state index contributed by atoms with van der Waals surface area (Å²) in [5, 5.41) is 2.78. The van der Waals surface area contributed by atoms with Gasteiger partial charge in [0.15, 0.2) is 16.4 Å². The van der Waals surface area contributed by atoms with Crippen LogP contribution >= 0.6 is 0 Å². The molecule has 0 fully saturated rings. The van der Waals surface area contributed by atoms with Crippen molar-refractivity contribution in [3.8, 4) is 11.5 Å². The molecule has 2 aromatic carbocycles. The molecule has 0 aliphatic carbocycles. The predicted molar refractivity (Wildman–Crippen MR) is 114 cm³/mol. The van der Waals surface area contributed by atoms with Gasteiger partial charge < -0.3 is 19.7 Å². The number of hydrogen-bond acceptors (Lipinski definition) is 6. The van der Waals surface area contributed by atoms with Gasteiger partial charge in [0.1, 0.15) is 11.5 Å². The first-order chi connectivity index (χ1) is 14.1. The summed E-state index contributed by atoms with van der Waals surface area (Å²) in [7, 11) is 0.0811. The highest BCUT2D eigenvalue weighted by atomic mass is 32.2. The van der Waals surface area contributed by atoms with Crippen LogP contribution in [0.5, 0.6) is 11.5 Å². The van der Waals surface area contributed by atoms with Crippen molar-refractivity contribution in [2.24, 2.45) is 0 Å². The quantitative estimate of drug-likeness (QED) is 0.576. The third-order valence-electron chi connectivity index (χ3n) is 4.07. The van der Waals surface area contributed by atoms with Gasteiger partial charge in [0.25, 0.3) is 5.91 Å². The summed E-state index contributed by atoms with van der Waals surface area (Å²) in [4.78, 5) is 25.2. The highest BCUT2D eigenvalue weighted by Crippen LogP contribution is 2.17. The van der Waals surface area contributed by atoms with Gasteiger partial charge in [-0.3, -0.25) is 9.59 Å². The van der Waals surface area contributed by atoms with Crippen LogP contribution in [-0.4, -0.2) is 58.7 Å². The molecular weight excluding hydrogens is 408 g/mol. The van der Waals surface area contributed by atoms with Gasteiger partial charge in [0.05, 0.1) is 11.5 Å². The fraction of sp³-hybridized carbons (Fsp3) is 0.333. The summed E-state index contributed by atoms with van der Waals surface area (Å²) in [5.41, 5.74) is 0.628. The number of sulfone groups is 1. The second kappa shape index (κ2) is 10.6. The molecule has 0 heterocycles. The summed E-state index contributed by atoms with van der Waals surface area (Å²) in [5.74, 6) is 0.799. The third-order valence-corrected chi connectivity index (χ3v) is 5.20. The molecule has 0 saturated carbocycles. The van der Waals surface area contributed by atoms with Gasteiger partial charge in [0.2, 0.25) is 5.91 Å². The Balaban J connectivity index is 1.70. The minimum absolute atomic E-state index is 0.0459. The SMILES string of the molecule is CN(C)C(=O)COc1ccc(NC(=O)CCCOc2ccc(S(C)(=O)=O)cc2)cc1. The lowest BCUT2D eigenvalue weighted by Crippen LogP contribution is -2.27. The molecule has 0 saturated heterocycles. The van der Waals surface area contributed by atoms with Crippen molar-refractivity contribution >= 4 is 27.3 Å². The van der Waals surface area contributed by atoms with Crippen LogP contribution in [0.2, 0.25) is 0 Å². The number of rotatable bonds is 10. The Bertz CT molecular complexity index is 954. The van der Waals surface area contributed by atoms with Gasteiger partial charge in [0, 0.05) is 32.5 Å². The van der Waals surface area contributed by atoms with E-state index in [0.29, 0.717) is 30.2 Å². The van der Waals surface area contributed by atoms with E-state index in [1.165, 1.54) is 17.0 Å². The van der Waals surface area contributed by atoms with Crippen molar-refractivity contribution in [3.63, 3.8) is 0 Å². The summed E-state index contributed by atoms with van der Waals surface area (Å²) >= 11 is 0. The standard InChI is InChI=1S/C21H26N2O6S/c1-23(2)21(25)15-29-18-8-6-16(7-9-18)22-20(24)5-4-14-28-17-10-12-19(13-11-17)30(3,26)27/h6-13H,4-5,14-15H2,1-3H3,(H,22,24). The lowest BCUT2D eigenvalue weighted by molar-refractivity contribution is -0.130. The van der Waals surface area contributed by atoms with E-state index in [1.807, 2.05) is 0 Å². The van der Waals surface area contributed by atoms with Gasteiger partial charge in [-0.2, -0.15) is 0 Å². The number of benzene rings is 2. The van der Waals surface area contributed by atoms with Crippen molar-refractivity contribution in [2.45, 2.75) is 17.7 Å². The van der Waals surface area contributed by atoms with E-state index in [-0.39, 0.29) is 29.7 Å². The van der Waals surface area contributed by atoms with Crippen LogP contribution in [0.1, 0.15) is 12.8 Å². The van der Waals surface area contributed by atoms with E-state index in [1.54, 1.807) is 50.5 Å². The largest absolute Gasteiger partial charge is 0.494 e. The molecular formula is C21H26N2O6S. The topological polar surface area (TPSA) is 102 Å². The average Bonchev–Trinajstić information content (AvgIpc) is 2.70. The Morgan fingerprint density at radius 2 is 1.50 bits per heavy atom. The molecule has 2 amide bonds. The van der Waals surface area contributed by atoms with Crippen LogP contribution in [0, 0.1) is 0 Å². The molecule has 0 aliphatic heterocycles. The molecule has 0 unspecified atom stereocenters. The first-order valence-corrected chi connectivity index (χ1v) is 11.2. The summed E-state index contributed by atoms with van der Waals surface area (Å²) in [6, 6.07) is 12.9. The molecule has 0 atom stereocenters. The highest BCUT2D eigenvalue weighted by Gasteiger charge is 2.08. The van der Waals surface area contributed by atoms with Gasteiger partial charge in [-0.1, -0.05) is 0 Å². The number of nitrogens with one attached hydrogen (secondary N) is 1. The first kappa shape index (κ1) is 23.2. The Kier molecular flexibility index (Phi) is 8.23. The lowest BCUT2D eigenvalue weighted by Gasteiger charge is -2.12. The van der Waals surface area contributed by atoms with Crippen LogP contribution in [0.3, 0.4) is 0 Å². The number of anilines is 1. The van der Waals surface area contributed by atoms with E-state index >= 15 is 0 Å². The van der Waals surface area contributed by atoms with Gasteiger partial charge in [-0.25, -0.2) is 8.42 Å². The molecule has 2 rings (SSSR count). The van der Waals surface area contributed by atoms with Crippen molar-refractivity contribution in [1.29, 1.82) is 0 Å². The van der Waals surface area contributed by atoms with Crippen molar-refractivity contribution in [3.05, 3.63) is 48.5 Å². The molecule has 1 N–H and O–H groups in total. The molecule has 0 bridgehead atoms. The van der Waals surface area contributed by atoms with E-state index in [9.17, 15) is 18.0 Å². The Morgan fingerprint density at radius 3 is 2.07 bits per heavy atom. The second-order valence-corrected chi connectivity index (χ2v) is 8.86. The molecule has 0 spiro atoms. The van der Waals surface area contributed by atoms with Crippen LogP contribution < -0.4 is 14.8 Å². The molecule has 0 aliphatic rings. The second-order valence-electron chi connectivity index (χ2n) is 6.84. The van der Waals surface area contributed by atoms with E-state index < -0.39 is 9.84 Å². The Hall–Kier alpha value is -3.07. The Morgan fingerprint density at radius 1 is 0.933 bits per heavy atom. The number of carbonyl (C=O) groups is 2.